The van der Waals surface area contributed by atoms with Crippen LogP contribution in [-0.2, 0) is 4.79 Å². The van der Waals surface area contributed by atoms with Crippen LogP contribution in [0.25, 0.3) is 11.3 Å². The lowest BCUT2D eigenvalue weighted by molar-refractivity contribution is -0.116. The zero-order valence-corrected chi connectivity index (χ0v) is 16.2. The van der Waals surface area contributed by atoms with E-state index in [1.165, 1.54) is 22.5 Å². The Morgan fingerprint density at radius 1 is 1.42 bits per heavy atom. The molecule has 1 amide bonds. The van der Waals surface area contributed by atoms with Gasteiger partial charge >= 0.3 is 0 Å². The maximum absolute atomic E-state index is 12.1. The molecule has 1 aromatic carbocycles. The summed E-state index contributed by atoms with van der Waals surface area (Å²) in [5.74, 6) is 2.16. The van der Waals surface area contributed by atoms with Crippen molar-refractivity contribution in [3.8, 4) is 11.3 Å². The summed E-state index contributed by atoms with van der Waals surface area (Å²) in [6, 6.07) is 6.60. The smallest absolute Gasteiger partial charge is 0.227 e. The largest absolute Gasteiger partial charge is 0.312 e. The highest BCUT2D eigenvalue weighted by Crippen LogP contribution is 2.28. The first-order valence-electron chi connectivity index (χ1n) is 7.76. The maximum atomic E-state index is 12.1. The molecule has 2 aromatic rings. The Labute approximate surface area is 157 Å². The normalized spacial score (nSPS) is 17.2. The van der Waals surface area contributed by atoms with E-state index in [1.54, 1.807) is 0 Å². The number of carbonyl (C=O) groups excluding carboxylic acids is 1. The van der Waals surface area contributed by atoms with Crippen LogP contribution in [0, 0.1) is 13.8 Å². The first-order chi connectivity index (χ1) is 11.1. The Hall–Kier alpha value is -1.08. The number of halogens is 1. The molecule has 1 unspecified atom stereocenters. The van der Waals surface area contributed by atoms with E-state index in [-0.39, 0.29) is 24.4 Å². The fourth-order valence-electron chi connectivity index (χ4n) is 2.70. The number of nitrogens with one attached hydrogen (secondary N) is 2. The van der Waals surface area contributed by atoms with Crippen LogP contribution < -0.4 is 10.6 Å². The monoisotopic (exact) mass is 383 g/mol. The molecule has 0 saturated carbocycles. The topological polar surface area (TPSA) is 54.0 Å². The van der Waals surface area contributed by atoms with Crippen LogP contribution in [0.15, 0.2) is 23.6 Å². The van der Waals surface area contributed by atoms with E-state index in [1.807, 2.05) is 17.1 Å². The number of rotatable bonds is 4. The van der Waals surface area contributed by atoms with Crippen molar-refractivity contribution in [3.63, 3.8) is 0 Å². The van der Waals surface area contributed by atoms with Gasteiger partial charge in [0, 0.05) is 41.5 Å². The second kappa shape index (κ2) is 8.85. The Morgan fingerprint density at radius 3 is 2.96 bits per heavy atom. The van der Waals surface area contributed by atoms with Crippen molar-refractivity contribution in [2.45, 2.75) is 26.3 Å². The molecule has 1 saturated heterocycles. The van der Waals surface area contributed by atoms with Crippen LogP contribution in [0.4, 0.5) is 5.13 Å². The summed E-state index contributed by atoms with van der Waals surface area (Å²) >= 11 is 3.38. The van der Waals surface area contributed by atoms with Crippen molar-refractivity contribution in [1.29, 1.82) is 0 Å². The molecule has 1 atom stereocenters. The van der Waals surface area contributed by atoms with Gasteiger partial charge in [0.15, 0.2) is 5.13 Å². The molecule has 2 N–H and O–H groups in total. The van der Waals surface area contributed by atoms with Crippen molar-refractivity contribution >= 4 is 46.5 Å². The highest BCUT2D eigenvalue weighted by Gasteiger charge is 2.17. The number of thioether (sulfide) groups is 1. The molecule has 1 aliphatic rings. The zero-order chi connectivity index (χ0) is 16.2. The summed E-state index contributed by atoms with van der Waals surface area (Å²) in [5, 5.41) is 8.99. The number of aryl methyl sites for hydroxylation is 2. The molecular weight excluding hydrogens is 362 g/mol. The molecule has 24 heavy (non-hydrogen) atoms. The van der Waals surface area contributed by atoms with Gasteiger partial charge in [0.05, 0.1) is 5.69 Å². The molecule has 1 aromatic heterocycles. The van der Waals surface area contributed by atoms with Crippen LogP contribution in [0.5, 0.6) is 0 Å². The third kappa shape index (κ3) is 4.96. The lowest BCUT2D eigenvalue weighted by Crippen LogP contribution is -2.39. The van der Waals surface area contributed by atoms with E-state index in [0.29, 0.717) is 11.6 Å². The predicted molar refractivity (Wildman–Crippen MR) is 107 cm³/mol. The molecular formula is C17H22ClN3OS2. The highest BCUT2D eigenvalue weighted by molar-refractivity contribution is 7.99. The van der Waals surface area contributed by atoms with E-state index >= 15 is 0 Å². The lowest BCUT2D eigenvalue weighted by Gasteiger charge is -2.22. The minimum atomic E-state index is 0. The average Bonchev–Trinajstić information content (AvgIpc) is 2.96. The number of amides is 1. The Bertz CT molecular complexity index is 699. The predicted octanol–water partition coefficient (Wildman–Crippen LogP) is 3.88. The molecule has 2 heterocycles. The average molecular weight is 384 g/mol. The van der Waals surface area contributed by atoms with Gasteiger partial charge in [-0.05, 0) is 19.4 Å². The summed E-state index contributed by atoms with van der Waals surface area (Å²) in [6.45, 7) is 5.16. The van der Waals surface area contributed by atoms with Gasteiger partial charge in [0.1, 0.15) is 0 Å². The van der Waals surface area contributed by atoms with Gasteiger partial charge < -0.3 is 10.6 Å². The van der Waals surface area contributed by atoms with Crippen molar-refractivity contribution in [3.05, 3.63) is 34.7 Å². The summed E-state index contributed by atoms with van der Waals surface area (Å²) in [5.41, 5.74) is 4.50. The summed E-state index contributed by atoms with van der Waals surface area (Å²) < 4.78 is 0. The van der Waals surface area contributed by atoms with E-state index in [0.717, 1.165) is 29.3 Å². The van der Waals surface area contributed by atoms with Crippen LogP contribution in [0.3, 0.4) is 0 Å². The number of aromatic nitrogens is 1. The first-order valence-corrected chi connectivity index (χ1v) is 9.79. The van der Waals surface area contributed by atoms with Crippen molar-refractivity contribution in [1.82, 2.24) is 10.3 Å². The quantitative estimate of drug-likeness (QED) is 0.841. The minimum Gasteiger partial charge on any atom is -0.312 e. The Morgan fingerprint density at radius 2 is 2.25 bits per heavy atom. The standard InChI is InChI=1S/C17H21N3OS2.ClH/c1-11-3-4-14(12(2)7-11)15-10-23-17(19-15)20-16(21)8-13-9-22-6-5-18-13;/h3-4,7,10,13,18H,5-6,8-9H2,1-2H3,(H,19,20,21);1H. The second-order valence-corrected chi connectivity index (χ2v) is 7.84. The Kier molecular flexibility index (Phi) is 7.10. The summed E-state index contributed by atoms with van der Waals surface area (Å²) in [7, 11) is 0. The van der Waals surface area contributed by atoms with Gasteiger partial charge in [-0.2, -0.15) is 11.8 Å². The van der Waals surface area contributed by atoms with E-state index in [9.17, 15) is 4.79 Å². The third-order valence-corrected chi connectivity index (χ3v) is 5.73. The number of nitrogens with zero attached hydrogens (tertiary/aromatic N) is 1. The first kappa shape index (κ1) is 19.2. The molecule has 0 radical (unpaired) electrons. The van der Waals surface area contributed by atoms with E-state index in [2.05, 4.69) is 47.7 Å². The van der Waals surface area contributed by atoms with Crippen molar-refractivity contribution in [2.24, 2.45) is 0 Å². The van der Waals surface area contributed by atoms with Crippen LogP contribution in [0.2, 0.25) is 0 Å². The molecule has 0 spiro atoms. The van der Waals surface area contributed by atoms with Crippen LogP contribution in [-0.4, -0.2) is 35.0 Å². The number of hydrogen-bond acceptors (Lipinski definition) is 5. The molecule has 0 bridgehead atoms. The van der Waals surface area contributed by atoms with E-state index in [4.69, 9.17) is 0 Å². The fraction of sp³-hybridized carbons (Fsp3) is 0.412. The molecule has 4 nitrogen and oxygen atoms in total. The number of carbonyl (C=O) groups is 1. The van der Waals surface area contributed by atoms with Crippen LogP contribution >= 0.6 is 35.5 Å². The number of anilines is 1. The van der Waals surface area contributed by atoms with Gasteiger partial charge in [0.25, 0.3) is 0 Å². The Balaban J connectivity index is 0.00000208. The number of thiazole rings is 1. The maximum Gasteiger partial charge on any atom is 0.227 e. The van der Waals surface area contributed by atoms with Gasteiger partial charge in [-0.25, -0.2) is 4.98 Å². The molecule has 7 heteroatoms. The van der Waals surface area contributed by atoms with Gasteiger partial charge in [0.2, 0.25) is 5.91 Å². The summed E-state index contributed by atoms with van der Waals surface area (Å²) in [6.07, 6.45) is 0.505. The zero-order valence-electron chi connectivity index (χ0n) is 13.8. The molecule has 1 aliphatic heterocycles. The SMILES string of the molecule is Cc1ccc(-c2csc(NC(=O)CC3CSCCN3)n2)c(C)c1.Cl. The van der Waals surface area contributed by atoms with Crippen LogP contribution in [0.1, 0.15) is 17.5 Å². The molecule has 1 fully saturated rings. The molecule has 3 rings (SSSR count). The minimum absolute atomic E-state index is 0. The van der Waals surface area contributed by atoms with Gasteiger partial charge in [-0.1, -0.05) is 23.8 Å². The lowest BCUT2D eigenvalue weighted by atomic mass is 10.0. The fourth-order valence-corrected chi connectivity index (χ4v) is 4.38. The van der Waals surface area contributed by atoms with Crippen molar-refractivity contribution < 1.29 is 4.79 Å². The molecule has 130 valence electrons. The highest BCUT2D eigenvalue weighted by atomic mass is 35.5. The molecule has 0 aliphatic carbocycles. The number of benzene rings is 1. The number of hydrogen-bond donors (Lipinski definition) is 2. The van der Waals surface area contributed by atoms with Gasteiger partial charge in [-0.15, -0.1) is 23.7 Å². The van der Waals surface area contributed by atoms with Gasteiger partial charge in [-0.3, -0.25) is 4.79 Å². The third-order valence-electron chi connectivity index (χ3n) is 3.84. The second-order valence-electron chi connectivity index (χ2n) is 5.83. The summed E-state index contributed by atoms with van der Waals surface area (Å²) in [4.78, 5) is 16.7. The van der Waals surface area contributed by atoms with E-state index < -0.39 is 0 Å². The van der Waals surface area contributed by atoms with Crippen molar-refractivity contribution in [2.75, 3.05) is 23.4 Å².